The molecule has 0 radical (unpaired) electrons. The molecule has 0 unspecified atom stereocenters. The van der Waals surface area contributed by atoms with Gasteiger partial charge in [-0.25, -0.2) is 0 Å². The molecule has 10 heteroatoms. The van der Waals surface area contributed by atoms with Crippen molar-refractivity contribution in [2.45, 2.75) is 6.36 Å². The molecule has 0 spiro atoms. The first-order valence-corrected chi connectivity index (χ1v) is 3.84. The van der Waals surface area contributed by atoms with Crippen LogP contribution in [0.25, 0.3) is 0 Å². The number of carbonyl (C=O) groups is 1. The third-order valence-corrected chi connectivity index (χ3v) is 1.48. The highest BCUT2D eigenvalue weighted by atomic mass is 19.4. The quantitative estimate of drug-likeness (QED) is 0.495. The fraction of sp³-hybridized carbons (Fsp3) is 0.143. The molecule has 92 valence electrons. The van der Waals surface area contributed by atoms with Crippen molar-refractivity contribution in [1.82, 2.24) is 4.98 Å². The van der Waals surface area contributed by atoms with E-state index in [0.29, 0.717) is 6.07 Å². The van der Waals surface area contributed by atoms with Crippen LogP contribution in [0.15, 0.2) is 6.07 Å². The number of hydrogen-bond donors (Lipinski definition) is 1. The highest BCUT2D eigenvalue weighted by Gasteiger charge is 2.35. The first kappa shape index (κ1) is 12.7. The SMILES string of the molecule is O=Cc1cc(OC(F)(F)F)c(O)c([N+](=O)[O-])n1. The van der Waals surface area contributed by atoms with E-state index in [4.69, 9.17) is 5.11 Å². The van der Waals surface area contributed by atoms with Gasteiger partial charge in [-0.1, -0.05) is 0 Å². The van der Waals surface area contributed by atoms with Gasteiger partial charge in [0.05, 0.1) is 0 Å². The van der Waals surface area contributed by atoms with E-state index >= 15 is 0 Å². The molecular weight excluding hydrogens is 249 g/mol. The third-order valence-electron chi connectivity index (χ3n) is 1.48. The Bertz CT molecular complexity index is 473. The van der Waals surface area contributed by atoms with E-state index in [1.165, 1.54) is 0 Å². The molecule has 0 saturated heterocycles. The highest BCUT2D eigenvalue weighted by molar-refractivity contribution is 5.74. The van der Waals surface area contributed by atoms with Crippen molar-refractivity contribution < 1.29 is 32.7 Å². The predicted molar refractivity (Wildman–Crippen MR) is 44.6 cm³/mol. The Labute approximate surface area is 90.6 Å². The van der Waals surface area contributed by atoms with E-state index in [0.717, 1.165) is 0 Å². The Hall–Kier alpha value is -2.39. The molecule has 0 aliphatic heterocycles. The number of nitrogens with zero attached hydrogens (tertiary/aromatic N) is 2. The first-order valence-electron chi connectivity index (χ1n) is 3.84. The van der Waals surface area contributed by atoms with Crippen LogP contribution in [0.2, 0.25) is 0 Å². The Morgan fingerprint density at radius 2 is 2.12 bits per heavy atom. The average molecular weight is 252 g/mol. The largest absolute Gasteiger partial charge is 0.573 e. The summed E-state index contributed by atoms with van der Waals surface area (Å²) in [6.07, 6.45) is -5.18. The summed E-state index contributed by atoms with van der Waals surface area (Å²) in [6.45, 7) is 0. The molecule has 1 aromatic rings. The maximum Gasteiger partial charge on any atom is 0.573 e. The Morgan fingerprint density at radius 1 is 1.53 bits per heavy atom. The van der Waals surface area contributed by atoms with Gasteiger partial charge in [0, 0.05) is 6.07 Å². The number of aromatic nitrogens is 1. The van der Waals surface area contributed by atoms with Crippen molar-refractivity contribution in [1.29, 1.82) is 0 Å². The summed E-state index contributed by atoms with van der Waals surface area (Å²) < 4.78 is 38.9. The van der Waals surface area contributed by atoms with Gasteiger partial charge in [-0.3, -0.25) is 4.79 Å². The van der Waals surface area contributed by atoms with Crippen LogP contribution in [-0.4, -0.2) is 27.7 Å². The lowest BCUT2D eigenvalue weighted by molar-refractivity contribution is -0.390. The molecule has 1 aromatic heterocycles. The Balaban J connectivity index is 3.34. The summed E-state index contributed by atoms with van der Waals surface area (Å²) in [7, 11) is 0. The minimum absolute atomic E-state index is 0.0182. The van der Waals surface area contributed by atoms with Gasteiger partial charge in [0.15, 0.2) is 12.0 Å². The van der Waals surface area contributed by atoms with E-state index in [1.54, 1.807) is 0 Å². The molecule has 1 heterocycles. The van der Waals surface area contributed by atoms with Gasteiger partial charge in [0.1, 0.15) is 0 Å². The molecule has 1 rings (SSSR count). The van der Waals surface area contributed by atoms with E-state index in [1.807, 2.05) is 0 Å². The van der Waals surface area contributed by atoms with Crippen molar-refractivity contribution in [3.8, 4) is 11.5 Å². The van der Waals surface area contributed by atoms with Crippen molar-refractivity contribution in [3.05, 3.63) is 21.9 Å². The lowest BCUT2D eigenvalue weighted by atomic mass is 10.3. The van der Waals surface area contributed by atoms with Gasteiger partial charge in [-0.2, -0.15) is 0 Å². The van der Waals surface area contributed by atoms with E-state index < -0.39 is 34.3 Å². The monoisotopic (exact) mass is 252 g/mol. The smallest absolute Gasteiger partial charge is 0.498 e. The molecule has 0 saturated carbocycles. The molecule has 0 aliphatic carbocycles. The topological polar surface area (TPSA) is 103 Å². The van der Waals surface area contributed by atoms with Crippen molar-refractivity contribution >= 4 is 12.1 Å². The molecule has 0 amide bonds. The molecule has 17 heavy (non-hydrogen) atoms. The maximum atomic E-state index is 11.9. The van der Waals surface area contributed by atoms with E-state index in [-0.39, 0.29) is 6.29 Å². The second-order valence-corrected chi connectivity index (χ2v) is 2.64. The van der Waals surface area contributed by atoms with Gasteiger partial charge in [0.25, 0.3) is 5.75 Å². The summed E-state index contributed by atoms with van der Waals surface area (Å²) in [5.74, 6) is -3.96. The second-order valence-electron chi connectivity index (χ2n) is 2.64. The predicted octanol–water partition coefficient (Wildman–Crippen LogP) is 1.41. The number of alkyl halides is 3. The van der Waals surface area contributed by atoms with Crippen LogP contribution in [0.5, 0.6) is 11.5 Å². The molecule has 0 aromatic carbocycles. The van der Waals surface area contributed by atoms with Crippen molar-refractivity contribution in [2.75, 3.05) is 0 Å². The van der Waals surface area contributed by atoms with Crippen LogP contribution >= 0.6 is 0 Å². The number of aromatic hydroxyl groups is 1. The Morgan fingerprint density at radius 3 is 2.53 bits per heavy atom. The zero-order chi connectivity index (χ0) is 13.2. The number of hydrogen-bond acceptors (Lipinski definition) is 6. The molecule has 0 bridgehead atoms. The highest BCUT2D eigenvalue weighted by Crippen LogP contribution is 2.37. The van der Waals surface area contributed by atoms with Crippen LogP contribution in [-0.2, 0) is 0 Å². The summed E-state index contributed by atoms with van der Waals surface area (Å²) >= 11 is 0. The van der Waals surface area contributed by atoms with Gasteiger partial charge in [-0.15, -0.1) is 13.2 Å². The maximum absolute atomic E-state index is 11.9. The van der Waals surface area contributed by atoms with Crippen LogP contribution < -0.4 is 4.74 Å². The molecular formula is C7H3F3N2O5. The number of pyridine rings is 1. The average Bonchev–Trinajstić information content (AvgIpc) is 2.18. The van der Waals surface area contributed by atoms with Crippen LogP contribution in [0.3, 0.4) is 0 Å². The van der Waals surface area contributed by atoms with Crippen molar-refractivity contribution in [3.63, 3.8) is 0 Å². The van der Waals surface area contributed by atoms with Crippen molar-refractivity contribution in [2.24, 2.45) is 0 Å². The lowest BCUT2D eigenvalue weighted by Gasteiger charge is -2.09. The standard InChI is InChI=1S/C7H3F3N2O5/c8-7(9,10)17-4-1-3(2-13)11-6(5(4)14)12(15)16/h1-2,14H. The number of rotatable bonds is 3. The molecule has 0 aliphatic rings. The summed E-state index contributed by atoms with van der Waals surface area (Å²) in [5.41, 5.74) is -0.672. The van der Waals surface area contributed by atoms with E-state index in [9.17, 15) is 28.1 Å². The number of aldehydes is 1. The molecule has 1 N–H and O–H groups in total. The fourth-order valence-electron chi connectivity index (χ4n) is 0.911. The number of halogens is 3. The van der Waals surface area contributed by atoms with Gasteiger partial charge in [0.2, 0.25) is 5.69 Å². The number of nitro groups is 1. The Kier molecular flexibility index (Phi) is 3.16. The minimum atomic E-state index is -5.16. The van der Waals surface area contributed by atoms with Crippen LogP contribution in [0.1, 0.15) is 10.5 Å². The molecule has 7 nitrogen and oxygen atoms in total. The summed E-state index contributed by atoms with van der Waals surface area (Å²) in [6, 6.07) is 0.433. The van der Waals surface area contributed by atoms with Gasteiger partial charge in [-0.05, 0) is 9.91 Å². The minimum Gasteiger partial charge on any atom is -0.498 e. The number of ether oxygens (including phenoxy) is 1. The van der Waals surface area contributed by atoms with Crippen LogP contribution in [0, 0.1) is 10.1 Å². The molecule has 0 fully saturated rings. The van der Waals surface area contributed by atoms with Crippen LogP contribution in [0.4, 0.5) is 19.0 Å². The summed E-state index contributed by atoms with van der Waals surface area (Å²) in [4.78, 5) is 22.4. The molecule has 0 atom stereocenters. The first-order chi connectivity index (χ1) is 7.74. The third kappa shape index (κ3) is 3.03. The number of carbonyl (C=O) groups excluding carboxylic acids is 1. The summed E-state index contributed by atoms with van der Waals surface area (Å²) in [5, 5.41) is 19.4. The fourth-order valence-corrected chi connectivity index (χ4v) is 0.911. The zero-order valence-electron chi connectivity index (χ0n) is 7.76. The van der Waals surface area contributed by atoms with Gasteiger partial charge >= 0.3 is 12.2 Å². The lowest BCUT2D eigenvalue weighted by Crippen LogP contribution is -2.17. The van der Waals surface area contributed by atoms with Gasteiger partial charge < -0.3 is 20.0 Å². The van der Waals surface area contributed by atoms with E-state index in [2.05, 4.69) is 9.72 Å². The zero-order valence-corrected chi connectivity index (χ0v) is 7.76. The normalized spacial score (nSPS) is 11.0. The second kappa shape index (κ2) is 4.23.